The van der Waals surface area contributed by atoms with E-state index in [1.165, 1.54) is 10.6 Å². The standard InChI is InChI=1S/C22H22N6O4/c1-5-13-9-14(17(29)10-18(13)32-21(30)12(2)3)20-24-25-22(26-31)28(20)16-8-6-7-15-19(16)23-11-27(15)4/h6-12,29H,5H2,1-4H3. The second-order valence-corrected chi connectivity index (χ2v) is 7.66. The van der Waals surface area contributed by atoms with Crippen LogP contribution in [-0.2, 0) is 18.3 Å². The predicted molar refractivity (Wildman–Crippen MR) is 118 cm³/mol. The van der Waals surface area contributed by atoms with Gasteiger partial charge in [0, 0.05) is 18.3 Å². The molecule has 0 aliphatic carbocycles. The number of phenolic OH excluding ortho intramolecular Hbond substituents is 1. The Morgan fingerprint density at radius 3 is 2.72 bits per heavy atom. The van der Waals surface area contributed by atoms with E-state index >= 15 is 0 Å². The Bertz CT molecular complexity index is 1340. The number of hydrogen-bond acceptors (Lipinski definition) is 8. The number of nitroso groups, excluding NO2 is 1. The van der Waals surface area contributed by atoms with E-state index in [4.69, 9.17) is 4.74 Å². The fourth-order valence-electron chi connectivity index (χ4n) is 3.45. The monoisotopic (exact) mass is 434 g/mol. The van der Waals surface area contributed by atoms with Gasteiger partial charge in [-0.15, -0.1) is 15.1 Å². The van der Waals surface area contributed by atoms with E-state index in [0.717, 1.165) is 5.52 Å². The van der Waals surface area contributed by atoms with Crippen molar-refractivity contribution in [2.24, 2.45) is 18.1 Å². The number of ether oxygens (including phenoxy) is 1. The Morgan fingerprint density at radius 2 is 2.03 bits per heavy atom. The Labute approximate surface area is 183 Å². The number of imidazole rings is 1. The molecule has 10 nitrogen and oxygen atoms in total. The molecule has 1 N–H and O–H groups in total. The molecule has 0 saturated heterocycles. The first-order valence-electron chi connectivity index (χ1n) is 10.1. The number of benzene rings is 2. The average Bonchev–Trinajstić information content (AvgIpc) is 3.37. The van der Waals surface area contributed by atoms with Crippen molar-refractivity contribution in [2.75, 3.05) is 0 Å². The number of carbonyl (C=O) groups is 1. The number of para-hydroxylation sites is 1. The molecule has 0 aliphatic rings. The zero-order valence-corrected chi connectivity index (χ0v) is 18.1. The van der Waals surface area contributed by atoms with E-state index in [1.54, 1.807) is 32.3 Å². The van der Waals surface area contributed by atoms with Gasteiger partial charge in [0.15, 0.2) is 5.82 Å². The molecule has 0 bridgehead atoms. The Kier molecular flexibility index (Phi) is 5.43. The third-order valence-corrected chi connectivity index (χ3v) is 5.18. The molecule has 0 radical (unpaired) electrons. The summed E-state index contributed by atoms with van der Waals surface area (Å²) in [7, 11) is 1.86. The van der Waals surface area contributed by atoms with Crippen molar-refractivity contribution in [3.8, 4) is 28.6 Å². The summed E-state index contributed by atoms with van der Waals surface area (Å²) < 4.78 is 8.75. The maximum atomic E-state index is 12.1. The van der Waals surface area contributed by atoms with E-state index in [-0.39, 0.29) is 29.2 Å². The highest BCUT2D eigenvalue weighted by Gasteiger charge is 2.23. The molecule has 0 aliphatic heterocycles. The molecule has 4 aromatic rings. The number of aryl methyl sites for hydroxylation is 2. The van der Waals surface area contributed by atoms with Gasteiger partial charge in [0.1, 0.15) is 17.0 Å². The van der Waals surface area contributed by atoms with E-state index in [2.05, 4.69) is 20.4 Å². The third-order valence-electron chi connectivity index (χ3n) is 5.18. The number of fused-ring (bicyclic) bond motifs is 1. The minimum absolute atomic E-state index is 0.173. The summed E-state index contributed by atoms with van der Waals surface area (Å²) in [6, 6.07) is 8.54. The van der Waals surface area contributed by atoms with Crippen molar-refractivity contribution >= 4 is 23.0 Å². The lowest BCUT2D eigenvalue weighted by Gasteiger charge is -2.14. The quantitative estimate of drug-likeness (QED) is 0.276. The Balaban J connectivity index is 1.91. The van der Waals surface area contributed by atoms with Crippen LogP contribution in [0.3, 0.4) is 0 Å². The average molecular weight is 434 g/mol. The maximum Gasteiger partial charge on any atom is 0.313 e. The third kappa shape index (κ3) is 3.49. The van der Waals surface area contributed by atoms with Crippen LogP contribution < -0.4 is 4.74 Å². The maximum absolute atomic E-state index is 12.1. The summed E-state index contributed by atoms with van der Waals surface area (Å²) in [6.45, 7) is 5.37. The van der Waals surface area contributed by atoms with Crippen LogP contribution in [0.1, 0.15) is 26.3 Å². The van der Waals surface area contributed by atoms with Crippen LogP contribution in [0.25, 0.3) is 28.1 Å². The molecule has 0 fully saturated rings. The van der Waals surface area contributed by atoms with Crippen molar-refractivity contribution in [3.63, 3.8) is 0 Å². The second-order valence-electron chi connectivity index (χ2n) is 7.66. The van der Waals surface area contributed by atoms with Gasteiger partial charge in [-0.3, -0.25) is 9.36 Å². The SMILES string of the molecule is CCc1cc(-c2nnc(N=O)n2-c2cccc3c2ncn3C)c(O)cc1OC(=O)C(C)C. The number of aromatic hydroxyl groups is 1. The van der Waals surface area contributed by atoms with Gasteiger partial charge in [0.2, 0.25) is 0 Å². The molecule has 0 saturated carbocycles. The molecule has 0 spiro atoms. The highest BCUT2D eigenvalue weighted by molar-refractivity contribution is 5.86. The summed E-state index contributed by atoms with van der Waals surface area (Å²) in [5.74, 6) is -0.571. The number of esters is 1. The first-order valence-corrected chi connectivity index (χ1v) is 10.1. The molecule has 10 heteroatoms. The first-order chi connectivity index (χ1) is 15.3. The van der Waals surface area contributed by atoms with Gasteiger partial charge in [-0.05, 0) is 30.2 Å². The molecule has 164 valence electrons. The zero-order valence-electron chi connectivity index (χ0n) is 18.1. The number of rotatable bonds is 6. The summed E-state index contributed by atoms with van der Waals surface area (Å²) in [6.07, 6.45) is 2.20. The Morgan fingerprint density at radius 1 is 1.25 bits per heavy atom. The van der Waals surface area contributed by atoms with Crippen LogP contribution in [0.4, 0.5) is 5.95 Å². The molecule has 32 heavy (non-hydrogen) atoms. The predicted octanol–water partition coefficient (Wildman–Crippen LogP) is 4.05. The van der Waals surface area contributed by atoms with Gasteiger partial charge in [-0.25, -0.2) is 4.98 Å². The molecule has 2 heterocycles. The molecule has 2 aromatic heterocycles. The van der Waals surface area contributed by atoms with Gasteiger partial charge in [-0.1, -0.05) is 26.8 Å². The minimum atomic E-state index is -0.399. The molecule has 4 rings (SSSR count). The van der Waals surface area contributed by atoms with Crippen molar-refractivity contribution in [1.82, 2.24) is 24.3 Å². The number of nitrogens with zero attached hydrogens (tertiary/aromatic N) is 6. The van der Waals surface area contributed by atoms with Gasteiger partial charge in [0.25, 0.3) is 5.95 Å². The number of phenols is 1. The van der Waals surface area contributed by atoms with Crippen LogP contribution in [0, 0.1) is 10.8 Å². The van der Waals surface area contributed by atoms with Crippen molar-refractivity contribution < 1.29 is 14.6 Å². The summed E-state index contributed by atoms with van der Waals surface area (Å²) in [5, 5.41) is 21.8. The lowest BCUT2D eigenvalue weighted by Crippen LogP contribution is -2.15. The Hall–Kier alpha value is -4.08. The highest BCUT2D eigenvalue weighted by atomic mass is 16.5. The molecular weight excluding hydrogens is 412 g/mol. The zero-order chi connectivity index (χ0) is 23.0. The highest BCUT2D eigenvalue weighted by Crippen LogP contribution is 2.38. The fourth-order valence-corrected chi connectivity index (χ4v) is 3.45. The molecule has 0 amide bonds. The fraction of sp³-hybridized carbons (Fsp3) is 0.273. The van der Waals surface area contributed by atoms with Crippen molar-refractivity contribution in [3.05, 3.63) is 47.1 Å². The van der Waals surface area contributed by atoms with Gasteiger partial charge in [0.05, 0.1) is 29.0 Å². The van der Waals surface area contributed by atoms with E-state index < -0.39 is 5.97 Å². The largest absolute Gasteiger partial charge is 0.507 e. The van der Waals surface area contributed by atoms with E-state index in [9.17, 15) is 14.8 Å². The molecule has 2 aromatic carbocycles. The summed E-state index contributed by atoms with van der Waals surface area (Å²) >= 11 is 0. The first kappa shape index (κ1) is 21.2. The van der Waals surface area contributed by atoms with Gasteiger partial charge in [-0.2, -0.15) is 0 Å². The minimum Gasteiger partial charge on any atom is -0.507 e. The van der Waals surface area contributed by atoms with Gasteiger partial charge < -0.3 is 14.4 Å². The topological polar surface area (TPSA) is 124 Å². The number of aromatic nitrogens is 5. The summed E-state index contributed by atoms with van der Waals surface area (Å²) in [4.78, 5) is 28.0. The number of carbonyl (C=O) groups excluding carboxylic acids is 1. The lowest BCUT2D eigenvalue weighted by molar-refractivity contribution is -0.137. The van der Waals surface area contributed by atoms with Crippen LogP contribution in [0.15, 0.2) is 41.8 Å². The second kappa shape index (κ2) is 8.22. The molecule has 0 unspecified atom stereocenters. The molecular formula is C22H22N6O4. The van der Waals surface area contributed by atoms with Crippen LogP contribution in [0.2, 0.25) is 0 Å². The van der Waals surface area contributed by atoms with E-state index in [1.807, 2.05) is 30.7 Å². The van der Waals surface area contributed by atoms with Crippen LogP contribution in [-0.4, -0.2) is 35.4 Å². The summed E-state index contributed by atoms with van der Waals surface area (Å²) in [5.41, 5.74) is 3.03. The molecule has 0 atom stereocenters. The smallest absolute Gasteiger partial charge is 0.313 e. The van der Waals surface area contributed by atoms with Gasteiger partial charge >= 0.3 is 5.97 Å². The van der Waals surface area contributed by atoms with Crippen molar-refractivity contribution in [2.45, 2.75) is 27.2 Å². The normalized spacial score (nSPS) is 11.3. The van der Waals surface area contributed by atoms with Crippen LogP contribution in [0.5, 0.6) is 11.5 Å². The van der Waals surface area contributed by atoms with Crippen molar-refractivity contribution in [1.29, 1.82) is 0 Å². The van der Waals surface area contributed by atoms with Crippen LogP contribution >= 0.6 is 0 Å². The van der Waals surface area contributed by atoms with E-state index in [0.29, 0.717) is 28.8 Å². The lowest BCUT2D eigenvalue weighted by atomic mass is 10.1. The number of hydrogen-bond donors (Lipinski definition) is 1.